The minimum absolute atomic E-state index is 0.0438. The lowest BCUT2D eigenvalue weighted by molar-refractivity contribution is -0.163. The van der Waals surface area contributed by atoms with Crippen molar-refractivity contribution < 1.29 is 29.0 Å². The number of nitriles is 1. The van der Waals surface area contributed by atoms with Crippen molar-refractivity contribution in [2.45, 2.75) is 37.6 Å². The van der Waals surface area contributed by atoms with Crippen LogP contribution >= 0.6 is 0 Å². The summed E-state index contributed by atoms with van der Waals surface area (Å²) in [7, 11) is 3.08. The van der Waals surface area contributed by atoms with E-state index in [9.17, 15) is 19.5 Å². The van der Waals surface area contributed by atoms with Gasteiger partial charge in [0.05, 0.1) is 37.2 Å². The number of hydrogen-bond donors (Lipinski definition) is 3. The molecule has 1 aromatic heterocycles. The van der Waals surface area contributed by atoms with E-state index in [4.69, 9.17) is 19.8 Å². The van der Waals surface area contributed by atoms with Crippen molar-refractivity contribution >= 4 is 28.6 Å². The van der Waals surface area contributed by atoms with E-state index in [2.05, 4.69) is 10.6 Å². The predicted molar refractivity (Wildman–Crippen MR) is 172 cm³/mol. The zero-order valence-electron chi connectivity index (χ0n) is 26.2. The van der Waals surface area contributed by atoms with Crippen LogP contribution in [0.3, 0.4) is 0 Å². The molecule has 4 aromatic rings. The Hall–Kier alpha value is -5.37. The average Bonchev–Trinajstić information content (AvgIpc) is 3.52. The van der Waals surface area contributed by atoms with Crippen molar-refractivity contribution in [2.75, 3.05) is 20.8 Å². The van der Waals surface area contributed by atoms with Crippen LogP contribution in [0.1, 0.15) is 53.0 Å². The second-order valence-electron chi connectivity index (χ2n) is 12.8. The van der Waals surface area contributed by atoms with Gasteiger partial charge in [0.25, 0.3) is 11.8 Å². The molecule has 11 nitrogen and oxygen atoms in total. The summed E-state index contributed by atoms with van der Waals surface area (Å²) >= 11 is 0. The lowest BCUT2D eigenvalue weighted by Gasteiger charge is -2.59. The topological polar surface area (TPSA) is 156 Å². The number of benzene rings is 3. The standard InChI is InChI=1S/C36H35N5O6/c1-46-30-8-5-9-31(47-2)32(30)29-19-27(34(43)39-36(35(44)45)22-15-20-14-21(17-22)18-23(36)16-20)40-41(29)28-11-10-26(33(42)38-13-12-37)24-6-3-4-7-25(24)28/h3-11,19-23H,13-18H2,1-2H3,(H,38,42)(H,39,43)(H,44,45). The largest absolute Gasteiger partial charge is 0.496 e. The summed E-state index contributed by atoms with van der Waals surface area (Å²) in [5.41, 5.74) is 0.676. The van der Waals surface area contributed by atoms with E-state index >= 15 is 0 Å². The Morgan fingerprint density at radius 3 is 2.15 bits per heavy atom. The number of aliphatic carboxylic acids is 1. The zero-order valence-corrected chi connectivity index (χ0v) is 26.2. The van der Waals surface area contributed by atoms with E-state index in [0.29, 0.717) is 56.6 Å². The predicted octanol–water partition coefficient (Wildman–Crippen LogP) is 4.97. The lowest BCUT2D eigenvalue weighted by Crippen LogP contribution is -2.70. The second-order valence-corrected chi connectivity index (χ2v) is 12.8. The van der Waals surface area contributed by atoms with Crippen molar-refractivity contribution in [2.24, 2.45) is 23.7 Å². The highest BCUT2D eigenvalue weighted by molar-refractivity contribution is 6.09. The number of nitrogens with zero attached hydrogens (tertiary/aromatic N) is 3. The van der Waals surface area contributed by atoms with Gasteiger partial charge in [-0.1, -0.05) is 30.3 Å². The molecule has 0 atom stereocenters. The molecule has 3 aromatic carbocycles. The van der Waals surface area contributed by atoms with Gasteiger partial charge in [-0.05, 0) is 91.5 Å². The molecule has 0 saturated heterocycles. The van der Waals surface area contributed by atoms with E-state index in [0.717, 1.165) is 32.1 Å². The summed E-state index contributed by atoms with van der Waals surface area (Å²) in [4.78, 5) is 40.2. The van der Waals surface area contributed by atoms with Crippen LogP contribution in [0.15, 0.2) is 60.7 Å². The maximum absolute atomic E-state index is 14.2. The maximum atomic E-state index is 14.2. The number of methoxy groups -OCH3 is 2. The minimum Gasteiger partial charge on any atom is -0.496 e. The fraction of sp³-hybridized carbons (Fsp3) is 0.361. The molecule has 4 saturated carbocycles. The number of carboxylic acids is 1. The number of fused-ring (bicyclic) bond motifs is 1. The SMILES string of the molecule is COc1cccc(OC)c1-c1cc(C(=O)NC2(C(=O)O)C3CC4CC(C3)CC2C4)nn1-c1ccc(C(=O)NCC#N)c2ccccc12. The fourth-order valence-corrected chi connectivity index (χ4v) is 8.62. The van der Waals surface area contributed by atoms with E-state index in [1.807, 2.05) is 30.3 Å². The third-order valence-corrected chi connectivity index (χ3v) is 10.4. The molecule has 8 rings (SSSR count). The van der Waals surface area contributed by atoms with Crippen LogP contribution < -0.4 is 20.1 Å². The van der Waals surface area contributed by atoms with Gasteiger partial charge in [-0.25, -0.2) is 9.48 Å². The third-order valence-electron chi connectivity index (χ3n) is 10.4. The summed E-state index contributed by atoms with van der Waals surface area (Å²) < 4.78 is 13.1. The molecule has 11 heteroatoms. The van der Waals surface area contributed by atoms with E-state index in [1.54, 1.807) is 55.3 Å². The van der Waals surface area contributed by atoms with Gasteiger partial charge in [-0.3, -0.25) is 9.59 Å². The summed E-state index contributed by atoms with van der Waals surface area (Å²) in [6.07, 6.45) is 4.36. The Kier molecular flexibility index (Phi) is 7.59. The van der Waals surface area contributed by atoms with Gasteiger partial charge in [0.1, 0.15) is 23.6 Å². The third kappa shape index (κ3) is 4.87. The van der Waals surface area contributed by atoms with Crippen LogP contribution in [0.25, 0.3) is 27.7 Å². The lowest BCUT2D eigenvalue weighted by atomic mass is 9.48. The number of rotatable bonds is 9. The Balaban J connectivity index is 1.38. The molecule has 3 N–H and O–H groups in total. The molecule has 0 aliphatic heterocycles. The maximum Gasteiger partial charge on any atom is 0.330 e. The van der Waals surface area contributed by atoms with Crippen molar-refractivity contribution in [3.8, 4) is 34.5 Å². The highest BCUT2D eigenvalue weighted by Gasteiger charge is 2.62. The Morgan fingerprint density at radius 2 is 1.55 bits per heavy atom. The number of carbonyl (C=O) groups is 3. The molecule has 0 spiro atoms. The molecule has 4 aliphatic carbocycles. The number of carboxylic acid groups (broad SMARTS) is 1. The van der Waals surface area contributed by atoms with Crippen molar-refractivity contribution in [3.63, 3.8) is 0 Å². The fourth-order valence-electron chi connectivity index (χ4n) is 8.62. The van der Waals surface area contributed by atoms with Gasteiger partial charge in [-0.15, -0.1) is 0 Å². The van der Waals surface area contributed by atoms with Gasteiger partial charge in [0.2, 0.25) is 0 Å². The van der Waals surface area contributed by atoms with E-state index in [-0.39, 0.29) is 24.1 Å². The molecule has 4 bridgehead atoms. The average molecular weight is 634 g/mol. The van der Waals surface area contributed by atoms with Crippen molar-refractivity contribution in [1.82, 2.24) is 20.4 Å². The molecule has 240 valence electrons. The number of hydrogen-bond acceptors (Lipinski definition) is 7. The van der Waals surface area contributed by atoms with Crippen LogP contribution in [0.4, 0.5) is 0 Å². The molecule has 2 amide bonds. The first-order valence-corrected chi connectivity index (χ1v) is 15.8. The van der Waals surface area contributed by atoms with Crippen LogP contribution in [0.5, 0.6) is 11.5 Å². The van der Waals surface area contributed by atoms with Crippen LogP contribution in [-0.2, 0) is 4.79 Å². The first kappa shape index (κ1) is 30.3. The van der Waals surface area contributed by atoms with Crippen LogP contribution in [0, 0.1) is 35.0 Å². The summed E-state index contributed by atoms with van der Waals surface area (Å²) in [6, 6.07) is 19.6. The number of carbonyl (C=O) groups excluding carboxylic acids is 2. The van der Waals surface area contributed by atoms with Crippen molar-refractivity contribution in [3.05, 3.63) is 71.9 Å². The summed E-state index contributed by atoms with van der Waals surface area (Å²) in [5, 5.41) is 31.4. The first-order chi connectivity index (χ1) is 22.8. The quantitative estimate of drug-likeness (QED) is 0.218. The van der Waals surface area contributed by atoms with Gasteiger partial charge in [-0.2, -0.15) is 10.4 Å². The molecule has 4 fully saturated rings. The molecular weight excluding hydrogens is 598 g/mol. The highest BCUT2D eigenvalue weighted by atomic mass is 16.5. The molecule has 1 heterocycles. The van der Waals surface area contributed by atoms with Gasteiger partial charge < -0.3 is 25.2 Å². The second kappa shape index (κ2) is 11.8. The summed E-state index contributed by atoms with van der Waals surface area (Å²) in [6.45, 7) is -0.134. The Labute approximate surface area is 271 Å². The van der Waals surface area contributed by atoms with Crippen LogP contribution in [0.2, 0.25) is 0 Å². The normalized spacial score (nSPS) is 24.0. The van der Waals surface area contributed by atoms with Gasteiger partial charge >= 0.3 is 5.97 Å². The number of amides is 2. The highest BCUT2D eigenvalue weighted by Crippen LogP contribution is 2.58. The molecule has 0 unspecified atom stereocenters. The number of aromatic nitrogens is 2. The van der Waals surface area contributed by atoms with Crippen LogP contribution in [-0.4, -0.2) is 59.0 Å². The Morgan fingerprint density at radius 1 is 0.915 bits per heavy atom. The summed E-state index contributed by atoms with van der Waals surface area (Å²) in [5.74, 6) is -0.189. The smallest absolute Gasteiger partial charge is 0.330 e. The van der Waals surface area contributed by atoms with Crippen molar-refractivity contribution in [1.29, 1.82) is 5.26 Å². The number of nitrogens with one attached hydrogen (secondary N) is 2. The zero-order chi connectivity index (χ0) is 32.9. The first-order valence-electron chi connectivity index (χ1n) is 15.8. The Bertz CT molecular complexity index is 1910. The molecule has 47 heavy (non-hydrogen) atoms. The van der Waals surface area contributed by atoms with Gasteiger partial charge in [0, 0.05) is 10.9 Å². The molecule has 0 radical (unpaired) electrons. The van der Waals surface area contributed by atoms with E-state index < -0.39 is 23.3 Å². The monoisotopic (exact) mass is 633 g/mol. The number of ether oxygens (including phenoxy) is 2. The molecule has 4 aliphatic rings. The minimum atomic E-state index is -1.35. The van der Waals surface area contributed by atoms with E-state index in [1.165, 1.54) is 0 Å². The molecular formula is C36H35N5O6. The van der Waals surface area contributed by atoms with Gasteiger partial charge in [0.15, 0.2) is 5.69 Å².